The van der Waals surface area contributed by atoms with Crippen molar-refractivity contribution in [1.82, 2.24) is 10.2 Å². The summed E-state index contributed by atoms with van der Waals surface area (Å²) in [6, 6.07) is 15.6. The van der Waals surface area contributed by atoms with E-state index in [1.807, 2.05) is 24.3 Å². The molecule has 2 amide bonds. The Morgan fingerprint density at radius 1 is 0.943 bits per heavy atom. The quantitative estimate of drug-likeness (QED) is 0.638. The maximum absolute atomic E-state index is 13.6. The second-order valence-electron chi connectivity index (χ2n) is 10.0. The molecule has 1 heterocycles. The molecule has 2 aliphatic carbocycles. The van der Waals surface area contributed by atoms with Crippen molar-refractivity contribution in [1.29, 1.82) is 0 Å². The Balaban J connectivity index is 1.25. The SMILES string of the molecule is O=C(NCC1(C(=O)N2CCC[C@@H]2C(=O)O)CCCCC1)OCC1c2ccccc2-c2ccccc21. The van der Waals surface area contributed by atoms with Crippen molar-refractivity contribution in [2.45, 2.75) is 56.9 Å². The molecule has 2 fully saturated rings. The van der Waals surface area contributed by atoms with Gasteiger partial charge in [0.2, 0.25) is 5.91 Å². The molecule has 2 aromatic rings. The van der Waals surface area contributed by atoms with Gasteiger partial charge < -0.3 is 20.1 Å². The highest BCUT2D eigenvalue weighted by Gasteiger charge is 2.46. The number of ether oxygens (including phenoxy) is 1. The average molecular weight is 477 g/mol. The first kappa shape index (κ1) is 23.4. The van der Waals surface area contributed by atoms with Gasteiger partial charge in [-0.05, 0) is 47.9 Å². The van der Waals surface area contributed by atoms with Crippen molar-refractivity contribution >= 4 is 18.0 Å². The number of carbonyl (C=O) groups excluding carboxylic acids is 2. The molecular formula is C28H32N2O5. The van der Waals surface area contributed by atoms with Crippen LogP contribution >= 0.6 is 0 Å². The van der Waals surface area contributed by atoms with Gasteiger partial charge in [-0.25, -0.2) is 9.59 Å². The number of nitrogens with zero attached hydrogens (tertiary/aromatic N) is 1. The van der Waals surface area contributed by atoms with Gasteiger partial charge in [-0.3, -0.25) is 4.79 Å². The summed E-state index contributed by atoms with van der Waals surface area (Å²) in [5.41, 5.74) is 3.87. The number of fused-ring (bicyclic) bond motifs is 3. The Morgan fingerprint density at radius 3 is 2.20 bits per heavy atom. The molecule has 0 unspecified atom stereocenters. The number of rotatable bonds is 6. The number of alkyl carbamates (subject to hydrolysis) is 1. The van der Waals surface area contributed by atoms with Crippen LogP contribution in [0.1, 0.15) is 62.0 Å². The van der Waals surface area contributed by atoms with E-state index < -0.39 is 23.5 Å². The van der Waals surface area contributed by atoms with E-state index >= 15 is 0 Å². The predicted octanol–water partition coefficient (Wildman–Crippen LogP) is 4.55. The lowest BCUT2D eigenvalue weighted by Crippen LogP contribution is -2.53. The molecule has 184 valence electrons. The molecule has 7 heteroatoms. The number of nitrogens with one attached hydrogen (secondary N) is 1. The molecule has 1 aliphatic heterocycles. The Labute approximate surface area is 205 Å². The van der Waals surface area contributed by atoms with Crippen molar-refractivity contribution in [2.75, 3.05) is 19.7 Å². The van der Waals surface area contributed by atoms with Crippen LogP contribution < -0.4 is 5.32 Å². The number of carboxylic acids is 1. The number of benzene rings is 2. The zero-order valence-electron chi connectivity index (χ0n) is 19.9. The van der Waals surface area contributed by atoms with Gasteiger partial charge in [0, 0.05) is 19.0 Å². The smallest absolute Gasteiger partial charge is 0.407 e. The van der Waals surface area contributed by atoms with Gasteiger partial charge in [-0.2, -0.15) is 0 Å². The first-order valence-electron chi connectivity index (χ1n) is 12.6. The maximum atomic E-state index is 13.6. The number of aliphatic carboxylic acids is 1. The fourth-order valence-corrected chi connectivity index (χ4v) is 6.16. The minimum Gasteiger partial charge on any atom is -0.480 e. The van der Waals surface area contributed by atoms with Crippen molar-refractivity contribution in [3.8, 4) is 11.1 Å². The van der Waals surface area contributed by atoms with Gasteiger partial charge in [0.15, 0.2) is 0 Å². The third kappa shape index (κ3) is 4.40. The maximum Gasteiger partial charge on any atom is 0.407 e. The molecule has 7 nitrogen and oxygen atoms in total. The van der Waals surface area contributed by atoms with Crippen molar-refractivity contribution in [3.63, 3.8) is 0 Å². The van der Waals surface area contributed by atoms with Crippen molar-refractivity contribution in [2.24, 2.45) is 5.41 Å². The van der Waals surface area contributed by atoms with Crippen LogP contribution in [0.2, 0.25) is 0 Å². The first-order valence-corrected chi connectivity index (χ1v) is 12.6. The standard InChI is InChI=1S/C28H32N2O5/c31-25(32)24-13-8-16-30(24)26(33)28(14-6-1-7-15-28)18-29-27(34)35-17-23-21-11-4-2-9-19(21)20-10-3-5-12-22(20)23/h2-5,9-12,23-24H,1,6-8,13-18H2,(H,29,34)(H,31,32)/t24-/m1/s1. The molecule has 1 atom stereocenters. The average Bonchev–Trinajstić information content (AvgIpc) is 3.50. The van der Waals surface area contributed by atoms with Crippen LogP contribution in [-0.2, 0) is 14.3 Å². The van der Waals surface area contributed by atoms with Crippen LogP contribution in [0.4, 0.5) is 4.79 Å². The van der Waals surface area contributed by atoms with E-state index in [0.717, 1.165) is 30.4 Å². The number of hydrogen-bond acceptors (Lipinski definition) is 4. The molecule has 2 N–H and O–H groups in total. The highest BCUT2D eigenvalue weighted by Crippen LogP contribution is 2.44. The van der Waals surface area contributed by atoms with Crippen LogP contribution in [0.15, 0.2) is 48.5 Å². The van der Waals surface area contributed by atoms with Crippen LogP contribution in [0.25, 0.3) is 11.1 Å². The summed E-state index contributed by atoms with van der Waals surface area (Å²) in [5, 5.41) is 12.4. The highest BCUT2D eigenvalue weighted by atomic mass is 16.5. The molecule has 1 saturated carbocycles. The Bertz CT molecular complexity index is 1080. The van der Waals surface area contributed by atoms with Gasteiger partial charge >= 0.3 is 12.1 Å². The second kappa shape index (κ2) is 9.72. The van der Waals surface area contributed by atoms with E-state index in [-0.39, 0.29) is 25.0 Å². The summed E-state index contributed by atoms with van der Waals surface area (Å²) in [5.74, 6) is -1.12. The molecular weight excluding hydrogens is 444 g/mol. The fraction of sp³-hybridized carbons (Fsp3) is 0.464. The normalized spacial score (nSPS) is 20.7. The molecule has 35 heavy (non-hydrogen) atoms. The van der Waals surface area contributed by atoms with Crippen molar-refractivity contribution < 1.29 is 24.2 Å². The molecule has 3 aliphatic rings. The lowest BCUT2D eigenvalue weighted by molar-refractivity contribution is -0.154. The summed E-state index contributed by atoms with van der Waals surface area (Å²) in [6.45, 7) is 0.849. The molecule has 1 saturated heterocycles. The third-order valence-corrected chi connectivity index (χ3v) is 7.98. The zero-order valence-corrected chi connectivity index (χ0v) is 19.9. The number of hydrogen-bond donors (Lipinski definition) is 2. The van der Waals surface area contributed by atoms with E-state index in [9.17, 15) is 19.5 Å². The van der Waals surface area contributed by atoms with Crippen LogP contribution in [0.3, 0.4) is 0 Å². The summed E-state index contributed by atoms with van der Waals surface area (Å²) < 4.78 is 5.67. The largest absolute Gasteiger partial charge is 0.480 e. The summed E-state index contributed by atoms with van der Waals surface area (Å²) in [6.07, 6.45) is 4.77. The van der Waals surface area contributed by atoms with Gasteiger partial charge in [-0.1, -0.05) is 67.8 Å². The highest BCUT2D eigenvalue weighted by molar-refractivity contribution is 5.89. The molecule has 2 aromatic carbocycles. The predicted molar refractivity (Wildman–Crippen MR) is 131 cm³/mol. The van der Waals surface area contributed by atoms with Crippen LogP contribution in [0, 0.1) is 5.41 Å². The van der Waals surface area contributed by atoms with Gasteiger partial charge in [0.1, 0.15) is 12.6 Å². The van der Waals surface area contributed by atoms with Gasteiger partial charge in [0.25, 0.3) is 0 Å². The van der Waals surface area contributed by atoms with Gasteiger partial charge in [-0.15, -0.1) is 0 Å². The minimum absolute atomic E-state index is 0.0284. The Hall–Kier alpha value is -3.35. The summed E-state index contributed by atoms with van der Waals surface area (Å²) in [7, 11) is 0. The van der Waals surface area contributed by atoms with Crippen LogP contribution in [0.5, 0.6) is 0 Å². The minimum atomic E-state index is -0.952. The topological polar surface area (TPSA) is 95.9 Å². The monoisotopic (exact) mass is 476 g/mol. The zero-order chi connectivity index (χ0) is 24.4. The van der Waals surface area contributed by atoms with E-state index in [1.54, 1.807) is 0 Å². The first-order chi connectivity index (χ1) is 17.0. The van der Waals surface area contributed by atoms with Gasteiger partial charge in [0.05, 0.1) is 5.41 Å². The molecule has 0 bridgehead atoms. The van der Waals surface area contributed by atoms with E-state index in [0.29, 0.717) is 32.2 Å². The van der Waals surface area contributed by atoms with E-state index in [2.05, 4.69) is 29.6 Å². The van der Waals surface area contributed by atoms with E-state index in [4.69, 9.17) is 4.74 Å². The molecule has 5 rings (SSSR count). The summed E-state index contributed by atoms with van der Waals surface area (Å²) in [4.78, 5) is 39.5. The van der Waals surface area contributed by atoms with Crippen LogP contribution in [-0.4, -0.2) is 53.7 Å². The number of likely N-dealkylation sites (tertiary alicyclic amines) is 1. The van der Waals surface area contributed by atoms with Crippen molar-refractivity contribution in [3.05, 3.63) is 59.7 Å². The third-order valence-electron chi connectivity index (χ3n) is 7.98. The number of amides is 2. The van der Waals surface area contributed by atoms with E-state index in [1.165, 1.54) is 16.0 Å². The summed E-state index contributed by atoms with van der Waals surface area (Å²) >= 11 is 0. The lowest BCUT2D eigenvalue weighted by Gasteiger charge is -2.39. The number of carboxylic acid groups (broad SMARTS) is 1. The molecule has 0 spiro atoms. The lowest BCUT2D eigenvalue weighted by atomic mass is 9.72. The second-order valence-corrected chi connectivity index (χ2v) is 10.0. The molecule has 0 aromatic heterocycles. The number of carbonyl (C=O) groups is 3. The Morgan fingerprint density at radius 2 is 1.57 bits per heavy atom. The fourth-order valence-electron chi connectivity index (χ4n) is 6.16. The molecule has 0 radical (unpaired) electrons. The Kier molecular flexibility index (Phi) is 6.50.